The fraction of sp³-hybridized carbons (Fsp3) is 0.500. The third-order valence-electron chi connectivity index (χ3n) is 3.31. The summed E-state index contributed by atoms with van der Waals surface area (Å²) in [7, 11) is 3.20. The molecular formula is C14H20N2O3. The van der Waals surface area contributed by atoms with Crippen molar-refractivity contribution in [2.75, 3.05) is 20.8 Å². The second-order valence-corrected chi connectivity index (χ2v) is 4.52. The zero-order chi connectivity index (χ0) is 13.7. The Morgan fingerprint density at radius 3 is 2.89 bits per heavy atom. The van der Waals surface area contributed by atoms with E-state index in [4.69, 9.17) is 9.47 Å². The Bertz CT molecular complexity index is 442. The molecule has 1 saturated heterocycles. The zero-order valence-corrected chi connectivity index (χ0v) is 11.4. The van der Waals surface area contributed by atoms with Crippen LogP contribution in [-0.4, -0.2) is 32.7 Å². The number of hydrogen-bond donors (Lipinski definition) is 2. The minimum absolute atomic E-state index is 0.0439. The third-order valence-corrected chi connectivity index (χ3v) is 3.31. The third kappa shape index (κ3) is 3.17. The van der Waals surface area contributed by atoms with Crippen LogP contribution in [0.5, 0.6) is 11.5 Å². The van der Waals surface area contributed by atoms with E-state index in [1.807, 2.05) is 18.2 Å². The number of methoxy groups -OCH3 is 2. The molecular weight excluding hydrogens is 244 g/mol. The van der Waals surface area contributed by atoms with E-state index in [-0.39, 0.29) is 11.9 Å². The highest BCUT2D eigenvalue weighted by atomic mass is 16.5. The van der Waals surface area contributed by atoms with Crippen molar-refractivity contribution in [3.05, 3.63) is 23.8 Å². The molecule has 5 nitrogen and oxygen atoms in total. The average molecular weight is 264 g/mol. The van der Waals surface area contributed by atoms with Gasteiger partial charge in [-0.1, -0.05) is 12.1 Å². The monoisotopic (exact) mass is 264 g/mol. The SMILES string of the molecule is COc1cccc(CNC(=O)C2CCCN2)c1OC. The van der Waals surface area contributed by atoms with Gasteiger partial charge in [-0.05, 0) is 25.5 Å². The number of nitrogens with one attached hydrogen (secondary N) is 2. The lowest BCUT2D eigenvalue weighted by Gasteiger charge is -2.15. The van der Waals surface area contributed by atoms with Gasteiger partial charge in [0.15, 0.2) is 11.5 Å². The van der Waals surface area contributed by atoms with E-state index in [9.17, 15) is 4.79 Å². The fourth-order valence-corrected chi connectivity index (χ4v) is 2.31. The summed E-state index contributed by atoms with van der Waals surface area (Å²) in [5.41, 5.74) is 0.910. The van der Waals surface area contributed by atoms with E-state index in [0.717, 1.165) is 24.9 Å². The molecule has 1 unspecified atom stereocenters. The van der Waals surface area contributed by atoms with Gasteiger partial charge in [-0.15, -0.1) is 0 Å². The van der Waals surface area contributed by atoms with Gasteiger partial charge < -0.3 is 20.1 Å². The summed E-state index contributed by atoms with van der Waals surface area (Å²) in [5.74, 6) is 1.39. The highest BCUT2D eigenvalue weighted by Crippen LogP contribution is 2.30. The van der Waals surface area contributed by atoms with Crippen molar-refractivity contribution in [1.82, 2.24) is 10.6 Å². The Labute approximate surface area is 113 Å². The molecule has 0 bridgehead atoms. The molecule has 5 heteroatoms. The van der Waals surface area contributed by atoms with Gasteiger partial charge in [-0.2, -0.15) is 0 Å². The summed E-state index contributed by atoms with van der Waals surface area (Å²) in [6, 6.07) is 5.58. The van der Waals surface area contributed by atoms with E-state index in [1.54, 1.807) is 14.2 Å². The van der Waals surface area contributed by atoms with Crippen molar-refractivity contribution in [1.29, 1.82) is 0 Å². The Hall–Kier alpha value is -1.75. The summed E-state index contributed by atoms with van der Waals surface area (Å²) in [4.78, 5) is 11.9. The average Bonchev–Trinajstić information content (AvgIpc) is 2.98. The molecule has 1 aromatic rings. The Kier molecular flexibility index (Phi) is 4.63. The summed E-state index contributed by atoms with van der Waals surface area (Å²) < 4.78 is 10.6. The summed E-state index contributed by atoms with van der Waals surface area (Å²) >= 11 is 0. The molecule has 1 atom stereocenters. The highest BCUT2D eigenvalue weighted by molar-refractivity contribution is 5.82. The van der Waals surface area contributed by atoms with Crippen LogP contribution in [0.15, 0.2) is 18.2 Å². The van der Waals surface area contributed by atoms with Crippen molar-refractivity contribution < 1.29 is 14.3 Å². The van der Waals surface area contributed by atoms with Crippen LogP contribution in [0.2, 0.25) is 0 Å². The molecule has 2 rings (SSSR count). The van der Waals surface area contributed by atoms with Gasteiger partial charge >= 0.3 is 0 Å². The van der Waals surface area contributed by atoms with E-state index in [2.05, 4.69) is 10.6 Å². The topological polar surface area (TPSA) is 59.6 Å². The van der Waals surface area contributed by atoms with Crippen LogP contribution in [0.3, 0.4) is 0 Å². The van der Waals surface area contributed by atoms with E-state index < -0.39 is 0 Å². The zero-order valence-electron chi connectivity index (χ0n) is 11.4. The van der Waals surface area contributed by atoms with Crippen LogP contribution in [-0.2, 0) is 11.3 Å². The first kappa shape index (κ1) is 13.7. The van der Waals surface area contributed by atoms with Crippen molar-refractivity contribution >= 4 is 5.91 Å². The van der Waals surface area contributed by atoms with Crippen LogP contribution in [0.1, 0.15) is 18.4 Å². The molecule has 0 radical (unpaired) electrons. The van der Waals surface area contributed by atoms with Crippen LogP contribution in [0.25, 0.3) is 0 Å². The molecule has 1 aliphatic heterocycles. The Morgan fingerprint density at radius 1 is 1.42 bits per heavy atom. The normalized spacial score (nSPS) is 18.1. The first-order chi connectivity index (χ1) is 9.26. The molecule has 1 aromatic carbocycles. The number of hydrogen-bond acceptors (Lipinski definition) is 4. The first-order valence-electron chi connectivity index (χ1n) is 6.47. The highest BCUT2D eigenvalue weighted by Gasteiger charge is 2.21. The number of amides is 1. The molecule has 19 heavy (non-hydrogen) atoms. The predicted octanol–water partition coefficient (Wildman–Crippen LogP) is 1.07. The summed E-state index contributed by atoms with van der Waals surface area (Å²) in [5, 5.41) is 6.11. The van der Waals surface area contributed by atoms with Crippen molar-refractivity contribution in [2.24, 2.45) is 0 Å². The molecule has 2 N–H and O–H groups in total. The van der Waals surface area contributed by atoms with Gasteiger partial charge in [-0.3, -0.25) is 4.79 Å². The minimum Gasteiger partial charge on any atom is -0.493 e. The second kappa shape index (κ2) is 6.43. The number of rotatable bonds is 5. The molecule has 1 heterocycles. The largest absolute Gasteiger partial charge is 0.493 e. The summed E-state index contributed by atoms with van der Waals surface area (Å²) in [6.45, 7) is 1.36. The Balaban J connectivity index is 2.00. The van der Waals surface area contributed by atoms with Crippen LogP contribution in [0.4, 0.5) is 0 Å². The molecule has 0 aromatic heterocycles. The molecule has 0 aliphatic carbocycles. The second-order valence-electron chi connectivity index (χ2n) is 4.52. The van der Waals surface area contributed by atoms with Gasteiger partial charge in [0, 0.05) is 12.1 Å². The molecule has 1 amide bonds. The molecule has 0 spiro atoms. The quantitative estimate of drug-likeness (QED) is 0.835. The first-order valence-corrected chi connectivity index (χ1v) is 6.47. The predicted molar refractivity (Wildman–Crippen MR) is 72.4 cm³/mol. The molecule has 0 saturated carbocycles. The number of ether oxygens (including phenoxy) is 2. The van der Waals surface area contributed by atoms with Crippen molar-refractivity contribution in [3.63, 3.8) is 0 Å². The van der Waals surface area contributed by atoms with E-state index >= 15 is 0 Å². The molecule has 1 fully saturated rings. The number of para-hydroxylation sites is 1. The van der Waals surface area contributed by atoms with E-state index in [1.165, 1.54) is 0 Å². The van der Waals surface area contributed by atoms with Gasteiger partial charge in [0.25, 0.3) is 0 Å². The lowest BCUT2D eigenvalue weighted by molar-refractivity contribution is -0.122. The van der Waals surface area contributed by atoms with Crippen molar-refractivity contribution in [3.8, 4) is 11.5 Å². The van der Waals surface area contributed by atoms with Crippen LogP contribution < -0.4 is 20.1 Å². The smallest absolute Gasteiger partial charge is 0.237 e. The maximum Gasteiger partial charge on any atom is 0.237 e. The van der Waals surface area contributed by atoms with Crippen LogP contribution >= 0.6 is 0 Å². The maximum absolute atomic E-state index is 11.9. The fourth-order valence-electron chi connectivity index (χ4n) is 2.31. The van der Waals surface area contributed by atoms with Crippen LogP contribution in [0, 0.1) is 0 Å². The van der Waals surface area contributed by atoms with Crippen molar-refractivity contribution in [2.45, 2.75) is 25.4 Å². The number of benzene rings is 1. The van der Waals surface area contributed by atoms with Gasteiger partial charge in [0.05, 0.1) is 20.3 Å². The minimum atomic E-state index is -0.0587. The van der Waals surface area contributed by atoms with E-state index in [0.29, 0.717) is 18.0 Å². The van der Waals surface area contributed by atoms with Gasteiger partial charge in [-0.25, -0.2) is 0 Å². The molecule has 1 aliphatic rings. The molecule has 104 valence electrons. The lowest BCUT2D eigenvalue weighted by atomic mass is 10.1. The van der Waals surface area contributed by atoms with Gasteiger partial charge in [0.2, 0.25) is 5.91 Å². The maximum atomic E-state index is 11.9. The standard InChI is InChI=1S/C14H20N2O3/c1-18-12-7-3-5-10(13(12)19-2)9-16-14(17)11-6-4-8-15-11/h3,5,7,11,15H,4,6,8-9H2,1-2H3,(H,16,17). The Morgan fingerprint density at radius 2 is 2.26 bits per heavy atom. The van der Waals surface area contributed by atoms with Gasteiger partial charge in [0.1, 0.15) is 0 Å². The lowest BCUT2D eigenvalue weighted by Crippen LogP contribution is -2.40. The summed E-state index contributed by atoms with van der Waals surface area (Å²) in [6.07, 6.45) is 1.96. The number of carbonyl (C=O) groups is 1. The number of carbonyl (C=O) groups excluding carboxylic acids is 1.